The highest BCUT2D eigenvalue weighted by Gasteiger charge is 2.20. The molecule has 2 unspecified atom stereocenters. The standard InChI is InChI=1S/C60H111NO3/c1-3-5-7-9-11-13-15-17-19-21-23-24-25-26-27-28-29-30-31-32-33-34-35-36-38-40-42-44-46-48-50-52-54-56-60(64)61-58(57-62)59(63)55-53-51-49-47-45-43-41-39-37-22-20-18-16-14-12-10-8-6-4-2/h5,7,11,13,17,19,23-24,26-27,58-59,62-63H,3-4,6,8-10,12,14-16,18,20-22,25,28-57H2,1-2H3,(H,61,64)/b7-5-,13-11-,19-17-,24-23-,27-26-. The van der Waals surface area contributed by atoms with Crippen molar-refractivity contribution < 1.29 is 15.0 Å². The van der Waals surface area contributed by atoms with Gasteiger partial charge in [0.2, 0.25) is 5.91 Å². The number of amides is 1. The fraction of sp³-hybridized carbons (Fsp3) is 0.817. The van der Waals surface area contributed by atoms with Crippen molar-refractivity contribution in [2.75, 3.05) is 6.61 Å². The molecule has 1 amide bonds. The number of carbonyl (C=O) groups excluding carboxylic acids is 1. The maximum atomic E-state index is 12.5. The smallest absolute Gasteiger partial charge is 0.220 e. The first kappa shape index (κ1) is 62.1. The predicted octanol–water partition coefficient (Wildman–Crippen LogP) is 18.8. The van der Waals surface area contributed by atoms with Gasteiger partial charge in [-0.15, -0.1) is 0 Å². The quantitative estimate of drug-likeness (QED) is 0.0421. The van der Waals surface area contributed by atoms with Gasteiger partial charge in [0.25, 0.3) is 0 Å². The molecule has 0 heterocycles. The molecule has 0 aliphatic carbocycles. The van der Waals surface area contributed by atoms with Crippen LogP contribution in [0.4, 0.5) is 0 Å². The van der Waals surface area contributed by atoms with Crippen LogP contribution >= 0.6 is 0 Å². The van der Waals surface area contributed by atoms with E-state index in [9.17, 15) is 15.0 Å². The summed E-state index contributed by atoms with van der Waals surface area (Å²) in [7, 11) is 0. The molecule has 0 aromatic rings. The molecule has 0 bridgehead atoms. The molecular formula is C60H111NO3. The molecule has 4 heteroatoms. The highest BCUT2D eigenvalue weighted by molar-refractivity contribution is 5.76. The number of allylic oxidation sites excluding steroid dienone is 10. The van der Waals surface area contributed by atoms with Gasteiger partial charge in [-0.2, -0.15) is 0 Å². The van der Waals surface area contributed by atoms with Gasteiger partial charge in [-0.25, -0.2) is 0 Å². The summed E-state index contributed by atoms with van der Waals surface area (Å²) in [5.74, 6) is -0.0284. The van der Waals surface area contributed by atoms with E-state index >= 15 is 0 Å². The Hall–Kier alpha value is -1.91. The summed E-state index contributed by atoms with van der Waals surface area (Å²) >= 11 is 0. The molecule has 0 aliphatic rings. The molecule has 0 fully saturated rings. The Labute approximate surface area is 400 Å². The summed E-state index contributed by atoms with van der Waals surface area (Å²) in [6.07, 6.45) is 77.8. The van der Waals surface area contributed by atoms with Crippen molar-refractivity contribution >= 4 is 5.91 Å². The van der Waals surface area contributed by atoms with Crippen LogP contribution in [-0.4, -0.2) is 34.9 Å². The SMILES string of the molecule is CC/C=C\C/C=C\C/C=C\C/C=C\C/C=C\CCCCCCCCCCCCCCCCCCCC(=O)NC(CO)C(O)CCCCCCCCCCCCCCCCCCCCC. The lowest BCUT2D eigenvalue weighted by atomic mass is 10.0. The summed E-state index contributed by atoms with van der Waals surface area (Å²) in [6, 6.07) is -0.537. The number of hydrogen-bond acceptors (Lipinski definition) is 3. The van der Waals surface area contributed by atoms with Crippen LogP contribution in [0.15, 0.2) is 60.8 Å². The van der Waals surface area contributed by atoms with Crippen LogP contribution in [-0.2, 0) is 4.79 Å². The van der Waals surface area contributed by atoms with E-state index in [0.717, 1.165) is 57.8 Å². The summed E-state index contributed by atoms with van der Waals surface area (Å²) in [5, 5.41) is 23.3. The second kappa shape index (κ2) is 55.4. The first-order valence-electron chi connectivity index (χ1n) is 28.5. The third-order valence-corrected chi connectivity index (χ3v) is 13.0. The zero-order chi connectivity index (χ0) is 46.3. The van der Waals surface area contributed by atoms with Gasteiger partial charge >= 0.3 is 0 Å². The lowest BCUT2D eigenvalue weighted by molar-refractivity contribution is -0.123. The van der Waals surface area contributed by atoms with Crippen LogP contribution in [0.2, 0.25) is 0 Å². The minimum atomic E-state index is -0.660. The summed E-state index contributed by atoms with van der Waals surface area (Å²) < 4.78 is 0. The van der Waals surface area contributed by atoms with Gasteiger partial charge < -0.3 is 15.5 Å². The number of carbonyl (C=O) groups is 1. The molecular weight excluding hydrogens is 783 g/mol. The van der Waals surface area contributed by atoms with Crippen molar-refractivity contribution in [1.29, 1.82) is 0 Å². The molecule has 0 aromatic heterocycles. The van der Waals surface area contributed by atoms with Gasteiger partial charge in [0.15, 0.2) is 0 Å². The Morgan fingerprint density at radius 1 is 0.391 bits per heavy atom. The van der Waals surface area contributed by atoms with E-state index in [4.69, 9.17) is 0 Å². The minimum absolute atomic E-state index is 0.0284. The van der Waals surface area contributed by atoms with Gasteiger partial charge in [0.1, 0.15) is 0 Å². The molecule has 0 saturated heterocycles. The van der Waals surface area contributed by atoms with Crippen molar-refractivity contribution in [3.05, 3.63) is 60.8 Å². The molecule has 0 rings (SSSR count). The van der Waals surface area contributed by atoms with Crippen LogP contribution in [0.3, 0.4) is 0 Å². The van der Waals surface area contributed by atoms with Gasteiger partial charge in [-0.05, 0) is 57.8 Å². The number of aliphatic hydroxyl groups excluding tert-OH is 2. The summed E-state index contributed by atoms with van der Waals surface area (Å²) in [5.41, 5.74) is 0. The number of aliphatic hydroxyl groups is 2. The highest BCUT2D eigenvalue weighted by Crippen LogP contribution is 2.17. The van der Waals surface area contributed by atoms with Crippen molar-refractivity contribution in [3.8, 4) is 0 Å². The molecule has 0 aliphatic heterocycles. The van der Waals surface area contributed by atoms with Gasteiger partial charge in [0.05, 0.1) is 18.8 Å². The maximum absolute atomic E-state index is 12.5. The van der Waals surface area contributed by atoms with Crippen LogP contribution in [0.25, 0.3) is 0 Å². The fourth-order valence-electron chi connectivity index (χ4n) is 8.74. The Balaban J connectivity index is 3.45. The molecule has 0 radical (unpaired) electrons. The van der Waals surface area contributed by atoms with Crippen molar-refractivity contribution in [1.82, 2.24) is 5.32 Å². The van der Waals surface area contributed by atoms with Crippen molar-refractivity contribution in [2.45, 2.75) is 309 Å². The lowest BCUT2D eigenvalue weighted by Crippen LogP contribution is -2.45. The number of unbranched alkanes of at least 4 members (excludes halogenated alkanes) is 35. The van der Waals surface area contributed by atoms with E-state index in [2.05, 4.69) is 79.9 Å². The first-order chi connectivity index (χ1) is 31.7. The molecule has 374 valence electrons. The molecule has 0 spiro atoms. The predicted molar refractivity (Wildman–Crippen MR) is 285 cm³/mol. The second-order valence-corrected chi connectivity index (χ2v) is 19.3. The zero-order valence-electron chi connectivity index (χ0n) is 43.1. The van der Waals surface area contributed by atoms with Crippen molar-refractivity contribution in [3.63, 3.8) is 0 Å². The third-order valence-electron chi connectivity index (χ3n) is 13.0. The van der Waals surface area contributed by atoms with Gasteiger partial charge in [0, 0.05) is 6.42 Å². The van der Waals surface area contributed by atoms with E-state index in [-0.39, 0.29) is 12.5 Å². The van der Waals surface area contributed by atoms with Gasteiger partial charge in [-0.1, -0.05) is 293 Å². The van der Waals surface area contributed by atoms with E-state index in [0.29, 0.717) is 12.8 Å². The summed E-state index contributed by atoms with van der Waals surface area (Å²) in [6.45, 7) is 4.27. The Bertz CT molecular complexity index is 1060. The van der Waals surface area contributed by atoms with Gasteiger partial charge in [-0.3, -0.25) is 4.79 Å². The lowest BCUT2D eigenvalue weighted by Gasteiger charge is -2.22. The van der Waals surface area contributed by atoms with E-state index < -0.39 is 12.1 Å². The first-order valence-corrected chi connectivity index (χ1v) is 28.5. The molecule has 2 atom stereocenters. The fourth-order valence-corrected chi connectivity index (χ4v) is 8.74. The van der Waals surface area contributed by atoms with Crippen LogP contribution in [0.1, 0.15) is 296 Å². The average Bonchev–Trinajstić information content (AvgIpc) is 3.30. The van der Waals surface area contributed by atoms with Crippen LogP contribution in [0, 0.1) is 0 Å². The third kappa shape index (κ3) is 51.1. The Kier molecular flexibility index (Phi) is 53.8. The normalized spacial score (nSPS) is 13.2. The number of nitrogens with one attached hydrogen (secondary N) is 1. The van der Waals surface area contributed by atoms with E-state index in [1.54, 1.807) is 0 Å². The van der Waals surface area contributed by atoms with Crippen LogP contribution in [0.5, 0.6) is 0 Å². The Morgan fingerprint density at radius 3 is 1.03 bits per heavy atom. The molecule has 0 aromatic carbocycles. The monoisotopic (exact) mass is 894 g/mol. The van der Waals surface area contributed by atoms with Crippen molar-refractivity contribution in [2.24, 2.45) is 0 Å². The van der Waals surface area contributed by atoms with E-state index in [1.807, 2.05) is 0 Å². The number of hydrogen-bond donors (Lipinski definition) is 3. The van der Waals surface area contributed by atoms with Crippen LogP contribution < -0.4 is 5.32 Å². The largest absolute Gasteiger partial charge is 0.394 e. The molecule has 0 saturated carbocycles. The molecule has 64 heavy (non-hydrogen) atoms. The topological polar surface area (TPSA) is 69.6 Å². The highest BCUT2D eigenvalue weighted by atomic mass is 16.3. The van der Waals surface area contributed by atoms with E-state index in [1.165, 1.54) is 212 Å². The second-order valence-electron chi connectivity index (χ2n) is 19.3. The molecule has 4 nitrogen and oxygen atoms in total. The molecule has 3 N–H and O–H groups in total. The number of rotatable bonds is 52. The average molecular weight is 895 g/mol. The minimum Gasteiger partial charge on any atom is -0.394 e. The zero-order valence-corrected chi connectivity index (χ0v) is 43.1. The Morgan fingerprint density at radius 2 is 0.688 bits per heavy atom. The summed E-state index contributed by atoms with van der Waals surface area (Å²) in [4.78, 5) is 12.5. The maximum Gasteiger partial charge on any atom is 0.220 e.